The third-order valence-electron chi connectivity index (χ3n) is 4.65. The van der Waals surface area contributed by atoms with Gasteiger partial charge in [0.1, 0.15) is 14.1 Å². The fourth-order valence-corrected chi connectivity index (χ4v) is 2.83. The Bertz CT molecular complexity index is 768. The lowest BCUT2D eigenvalue weighted by molar-refractivity contribution is -0.139. The molecule has 7 heteroatoms. The van der Waals surface area contributed by atoms with Gasteiger partial charge in [-0.1, -0.05) is 33.9 Å². The lowest BCUT2D eigenvalue weighted by Gasteiger charge is -2.31. The van der Waals surface area contributed by atoms with Crippen molar-refractivity contribution in [1.29, 1.82) is 0 Å². The predicted octanol–water partition coefficient (Wildman–Crippen LogP) is 3.27. The molecule has 0 radical (unpaired) electrons. The number of amides is 2. The quantitative estimate of drug-likeness (QED) is 0.533. The number of hydrogen-bond donors (Lipinski definition) is 3. The maximum absolute atomic E-state index is 12.3. The van der Waals surface area contributed by atoms with E-state index in [2.05, 4.69) is 56.0 Å². The first kappa shape index (κ1) is 22.4. The van der Waals surface area contributed by atoms with Crippen LogP contribution in [0, 0.1) is 11.5 Å². The van der Waals surface area contributed by atoms with Crippen LogP contribution in [0.25, 0.3) is 0 Å². The second-order valence-corrected chi connectivity index (χ2v) is 13.0. The number of aliphatic carboxylic acids is 1. The lowest BCUT2D eigenvalue weighted by Crippen LogP contribution is -2.41. The van der Waals surface area contributed by atoms with Crippen LogP contribution in [0.1, 0.15) is 44.5 Å². The van der Waals surface area contributed by atoms with Crippen LogP contribution >= 0.6 is 0 Å². The molecule has 27 heavy (non-hydrogen) atoms. The number of benzene rings is 1. The molecule has 0 spiro atoms. The van der Waals surface area contributed by atoms with Crippen molar-refractivity contribution < 1.29 is 19.5 Å². The van der Waals surface area contributed by atoms with Crippen molar-refractivity contribution in [3.05, 3.63) is 29.8 Å². The third kappa shape index (κ3) is 6.91. The van der Waals surface area contributed by atoms with Gasteiger partial charge in [0.25, 0.3) is 5.91 Å². The van der Waals surface area contributed by atoms with Crippen LogP contribution in [0.15, 0.2) is 24.3 Å². The average molecular weight is 389 g/mol. The van der Waals surface area contributed by atoms with E-state index in [1.54, 1.807) is 12.1 Å². The molecule has 146 valence electrons. The monoisotopic (exact) mass is 388 g/mol. The van der Waals surface area contributed by atoms with E-state index in [0.717, 1.165) is 0 Å². The van der Waals surface area contributed by atoms with Crippen LogP contribution in [-0.4, -0.2) is 37.0 Å². The van der Waals surface area contributed by atoms with Crippen LogP contribution in [0.2, 0.25) is 18.1 Å². The Morgan fingerprint density at radius 2 is 1.70 bits per heavy atom. The summed E-state index contributed by atoms with van der Waals surface area (Å²) in [4.78, 5) is 34.8. The Morgan fingerprint density at radius 3 is 2.15 bits per heavy atom. The molecule has 1 aromatic carbocycles. The van der Waals surface area contributed by atoms with E-state index in [-0.39, 0.29) is 17.4 Å². The van der Waals surface area contributed by atoms with Crippen molar-refractivity contribution >= 4 is 31.5 Å². The Hall–Kier alpha value is -2.59. The first-order valence-electron chi connectivity index (χ1n) is 8.75. The second-order valence-electron chi connectivity index (χ2n) is 8.00. The molecule has 0 aliphatic carbocycles. The highest BCUT2D eigenvalue weighted by molar-refractivity contribution is 6.87. The zero-order valence-electron chi connectivity index (χ0n) is 16.8. The van der Waals surface area contributed by atoms with E-state index in [1.165, 1.54) is 19.1 Å². The van der Waals surface area contributed by atoms with E-state index < -0.39 is 26.0 Å². The summed E-state index contributed by atoms with van der Waals surface area (Å²) in [7, 11) is -1.83. The summed E-state index contributed by atoms with van der Waals surface area (Å²) < 4.78 is 0. The zero-order chi connectivity index (χ0) is 20.8. The highest BCUT2D eigenvalue weighted by atomic mass is 28.3. The van der Waals surface area contributed by atoms with E-state index in [4.69, 9.17) is 0 Å². The second kappa shape index (κ2) is 8.87. The van der Waals surface area contributed by atoms with Crippen molar-refractivity contribution in [1.82, 2.24) is 5.32 Å². The van der Waals surface area contributed by atoms with Gasteiger partial charge >= 0.3 is 5.97 Å². The van der Waals surface area contributed by atoms with Gasteiger partial charge in [-0.15, -0.1) is 11.5 Å². The largest absolute Gasteiger partial charge is 0.480 e. The Morgan fingerprint density at radius 1 is 1.15 bits per heavy atom. The molecule has 0 heterocycles. The van der Waals surface area contributed by atoms with Gasteiger partial charge < -0.3 is 15.7 Å². The number of carboxylic acid groups (broad SMARTS) is 1. The summed E-state index contributed by atoms with van der Waals surface area (Å²) in [5.74, 6) is 1.14. The van der Waals surface area contributed by atoms with Crippen molar-refractivity contribution in [3.63, 3.8) is 0 Å². The number of rotatable bonds is 5. The minimum atomic E-state index is -1.83. The van der Waals surface area contributed by atoms with Gasteiger partial charge in [-0.25, -0.2) is 4.79 Å². The van der Waals surface area contributed by atoms with Gasteiger partial charge in [0.15, 0.2) is 0 Å². The molecule has 0 saturated carbocycles. The number of carboxylic acids is 1. The molecule has 0 fully saturated rings. The van der Waals surface area contributed by atoms with Crippen LogP contribution in [0.4, 0.5) is 5.69 Å². The number of anilines is 1. The molecule has 0 aliphatic heterocycles. The highest BCUT2D eigenvalue weighted by Gasteiger charge is 2.33. The summed E-state index contributed by atoms with van der Waals surface area (Å²) in [6.45, 7) is 12.1. The van der Waals surface area contributed by atoms with E-state index in [9.17, 15) is 19.5 Å². The van der Waals surface area contributed by atoms with Gasteiger partial charge in [0.05, 0.1) is 0 Å². The predicted molar refractivity (Wildman–Crippen MR) is 109 cm³/mol. The SMILES string of the molecule is CC(=O)Nc1ccc(C(=O)N[C@@H](CC#C[Si](C)(C)C(C)(C)C)C(=O)O)cc1. The minimum Gasteiger partial charge on any atom is -0.480 e. The summed E-state index contributed by atoms with van der Waals surface area (Å²) in [5.41, 5.74) is 4.13. The molecule has 0 unspecified atom stereocenters. The zero-order valence-corrected chi connectivity index (χ0v) is 17.8. The Kier molecular flexibility index (Phi) is 7.37. The molecule has 0 aliphatic rings. The first-order valence-corrected chi connectivity index (χ1v) is 11.7. The topological polar surface area (TPSA) is 95.5 Å². The molecule has 1 atom stereocenters. The van der Waals surface area contributed by atoms with Gasteiger partial charge in [0, 0.05) is 24.6 Å². The first-order chi connectivity index (χ1) is 12.3. The average Bonchev–Trinajstić information content (AvgIpc) is 2.52. The molecule has 0 bridgehead atoms. The minimum absolute atomic E-state index is 0.0531. The molecule has 6 nitrogen and oxygen atoms in total. The Balaban J connectivity index is 2.82. The van der Waals surface area contributed by atoms with Gasteiger partial charge in [-0.05, 0) is 29.3 Å². The molecule has 0 saturated heterocycles. The number of nitrogens with one attached hydrogen (secondary N) is 2. The van der Waals surface area contributed by atoms with Crippen LogP contribution in [0.3, 0.4) is 0 Å². The van der Waals surface area contributed by atoms with E-state index in [1.807, 2.05) is 0 Å². The third-order valence-corrected chi connectivity index (χ3v) is 9.20. The Labute approximate surface area is 161 Å². The highest BCUT2D eigenvalue weighted by Crippen LogP contribution is 2.35. The smallest absolute Gasteiger partial charge is 0.327 e. The summed E-state index contributed by atoms with van der Waals surface area (Å²) in [6, 6.07) is 5.15. The fraction of sp³-hybridized carbons (Fsp3) is 0.450. The van der Waals surface area contributed by atoms with Gasteiger partial charge in [-0.3, -0.25) is 9.59 Å². The number of hydrogen-bond acceptors (Lipinski definition) is 3. The van der Waals surface area contributed by atoms with Crippen molar-refractivity contribution in [2.24, 2.45) is 0 Å². The van der Waals surface area contributed by atoms with E-state index in [0.29, 0.717) is 11.3 Å². The standard InChI is InChI=1S/C20H28N2O4Si/c1-14(23)21-16-11-9-15(10-12-16)18(24)22-17(19(25)26)8-7-13-27(5,6)20(2,3)4/h9-12,17H,8H2,1-6H3,(H,21,23)(H,22,24)(H,25,26)/t17-/m0/s1. The maximum atomic E-state index is 12.3. The normalized spacial score (nSPS) is 12.4. The lowest BCUT2D eigenvalue weighted by atomic mass is 10.1. The van der Waals surface area contributed by atoms with Gasteiger partial charge in [-0.2, -0.15) is 0 Å². The van der Waals surface area contributed by atoms with Crippen molar-refractivity contribution in [3.8, 4) is 11.5 Å². The summed E-state index contributed by atoms with van der Waals surface area (Å²) in [5, 5.41) is 14.6. The molecule has 1 rings (SSSR count). The van der Waals surface area contributed by atoms with Crippen molar-refractivity contribution in [2.75, 3.05) is 5.32 Å². The molecule has 2 amide bonds. The molecular formula is C20H28N2O4Si. The van der Waals surface area contributed by atoms with Crippen LogP contribution < -0.4 is 10.6 Å². The number of carbonyl (C=O) groups excluding carboxylic acids is 2. The molecule has 3 N–H and O–H groups in total. The molecular weight excluding hydrogens is 360 g/mol. The molecule has 1 aromatic rings. The van der Waals surface area contributed by atoms with Crippen molar-refractivity contribution in [2.45, 2.75) is 58.3 Å². The fourth-order valence-electron chi connectivity index (χ4n) is 1.91. The van der Waals surface area contributed by atoms with Crippen LogP contribution in [0.5, 0.6) is 0 Å². The number of carbonyl (C=O) groups is 3. The van der Waals surface area contributed by atoms with Crippen LogP contribution in [-0.2, 0) is 9.59 Å². The summed E-state index contributed by atoms with van der Waals surface area (Å²) in [6.07, 6.45) is 0.0531. The summed E-state index contributed by atoms with van der Waals surface area (Å²) >= 11 is 0. The van der Waals surface area contributed by atoms with Gasteiger partial charge in [0.2, 0.25) is 5.91 Å². The van der Waals surface area contributed by atoms with E-state index >= 15 is 0 Å². The molecule has 0 aromatic heterocycles. The maximum Gasteiger partial charge on any atom is 0.327 e.